The molecular formula is C14H20BrN3O. The van der Waals surface area contributed by atoms with E-state index in [1.165, 1.54) is 6.42 Å². The first-order valence-corrected chi connectivity index (χ1v) is 7.45. The average Bonchev–Trinajstić information content (AvgIpc) is 2.62. The summed E-state index contributed by atoms with van der Waals surface area (Å²) >= 11 is 3.47. The molecule has 0 aromatic heterocycles. The lowest BCUT2D eigenvalue weighted by Gasteiger charge is -2.32. The monoisotopic (exact) mass is 325 g/mol. The number of nitrogens with one attached hydrogen (secondary N) is 1. The Morgan fingerprint density at radius 2 is 2.21 bits per heavy atom. The van der Waals surface area contributed by atoms with Crippen molar-refractivity contribution in [1.29, 1.82) is 5.41 Å². The lowest BCUT2D eigenvalue weighted by molar-refractivity contribution is 0.255. The van der Waals surface area contributed by atoms with Gasteiger partial charge in [-0.2, -0.15) is 0 Å². The van der Waals surface area contributed by atoms with Gasteiger partial charge in [0.2, 0.25) is 0 Å². The highest BCUT2D eigenvalue weighted by Gasteiger charge is 2.24. The summed E-state index contributed by atoms with van der Waals surface area (Å²) < 4.78 is 0.832. The number of amidine groups is 1. The van der Waals surface area contributed by atoms with Crippen LogP contribution < -0.4 is 10.6 Å². The molecule has 0 spiro atoms. The number of aliphatic hydroxyl groups is 1. The first-order chi connectivity index (χ1) is 9.15. The van der Waals surface area contributed by atoms with Crippen LogP contribution in [0.25, 0.3) is 0 Å². The number of nitrogen functional groups attached to an aromatic ring is 1. The molecule has 1 heterocycles. The molecule has 0 amide bonds. The van der Waals surface area contributed by atoms with Crippen molar-refractivity contribution in [2.45, 2.75) is 31.7 Å². The summed E-state index contributed by atoms with van der Waals surface area (Å²) in [6.45, 7) is 1.05. The number of nitrogens with zero attached hydrogens (tertiary/aromatic N) is 1. The van der Waals surface area contributed by atoms with Crippen LogP contribution in [-0.4, -0.2) is 30.1 Å². The molecule has 1 aliphatic rings. The Kier molecular flexibility index (Phi) is 4.82. The molecule has 4 nitrogen and oxygen atoms in total. The van der Waals surface area contributed by atoms with Gasteiger partial charge in [0.25, 0.3) is 0 Å². The van der Waals surface area contributed by atoms with Crippen molar-refractivity contribution in [3.05, 3.63) is 28.2 Å². The lowest BCUT2D eigenvalue weighted by Crippen LogP contribution is -2.39. The summed E-state index contributed by atoms with van der Waals surface area (Å²) in [5.74, 6) is 0.0587. The van der Waals surface area contributed by atoms with E-state index < -0.39 is 0 Å². The maximum Gasteiger partial charge on any atom is 0.126 e. The third-order valence-electron chi connectivity index (χ3n) is 3.66. The molecule has 0 radical (unpaired) electrons. The summed E-state index contributed by atoms with van der Waals surface area (Å²) in [5.41, 5.74) is 7.38. The van der Waals surface area contributed by atoms with Crippen LogP contribution >= 0.6 is 15.9 Å². The van der Waals surface area contributed by atoms with Gasteiger partial charge in [-0.3, -0.25) is 5.41 Å². The zero-order chi connectivity index (χ0) is 13.8. The SMILES string of the molecule is N=C(N)c1c(Br)cccc1N1CCCCCC1CO. The lowest BCUT2D eigenvalue weighted by atomic mass is 10.1. The minimum atomic E-state index is 0.0587. The number of anilines is 1. The Bertz CT molecular complexity index is 464. The fourth-order valence-electron chi connectivity index (χ4n) is 2.70. The minimum Gasteiger partial charge on any atom is -0.394 e. The van der Waals surface area contributed by atoms with Crippen molar-refractivity contribution in [3.8, 4) is 0 Å². The molecule has 1 aromatic carbocycles. The van der Waals surface area contributed by atoms with Crippen LogP contribution in [0.1, 0.15) is 31.2 Å². The van der Waals surface area contributed by atoms with Crippen LogP contribution in [0, 0.1) is 5.41 Å². The Morgan fingerprint density at radius 3 is 2.89 bits per heavy atom. The van der Waals surface area contributed by atoms with E-state index in [1.807, 2.05) is 18.2 Å². The van der Waals surface area contributed by atoms with Crippen LogP contribution in [0.15, 0.2) is 22.7 Å². The van der Waals surface area contributed by atoms with E-state index >= 15 is 0 Å². The molecule has 1 fully saturated rings. The van der Waals surface area contributed by atoms with Crippen LogP contribution in [-0.2, 0) is 0 Å². The highest BCUT2D eigenvalue weighted by molar-refractivity contribution is 9.10. The molecule has 0 bridgehead atoms. The van der Waals surface area contributed by atoms with E-state index in [0.29, 0.717) is 0 Å². The number of hydrogen-bond acceptors (Lipinski definition) is 3. The van der Waals surface area contributed by atoms with E-state index in [1.54, 1.807) is 0 Å². The molecule has 1 aromatic rings. The third-order valence-corrected chi connectivity index (χ3v) is 4.32. The first-order valence-electron chi connectivity index (χ1n) is 6.65. The van der Waals surface area contributed by atoms with Crippen molar-refractivity contribution in [2.24, 2.45) is 5.73 Å². The second-order valence-electron chi connectivity index (χ2n) is 4.93. The molecule has 5 heteroatoms. The second kappa shape index (κ2) is 6.39. The number of nitrogens with two attached hydrogens (primary N) is 1. The molecule has 19 heavy (non-hydrogen) atoms. The number of rotatable bonds is 3. The quantitative estimate of drug-likeness (QED) is 0.590. The predicted octanol–water partition coefficient (Wildman–Crippen LogP) is 2.47. The first kappa shape index (κ1) is 14.3. The third kappa shape index (κ3) is 3.09. The highest BCUT2D eigenvalue weighted by atomic mass is 79.9. The predicted molar refractivity (Wildman–Crippen MR) is 81.8 cm³/mol. The standard InChI is InChI=1S/C14H20BrN3O/c15-11-6-4-7-12(13(11)14(16)17)18-8-3-1-2-5-10(18)9-19/h4,6-7,10,19H,1-3,5,8-9H2,(H3,16,17). The van der Waals surface area contributed by atoms with Crippen molar-refractivity contribution >= 4 is 27.5 Å². The second-order valence-corrected chi connectivity index (χ2v) is 5.78. The van der Waals surface area contributed by atoms with Gasteiger partial charge < -0.3 is 15.7 Å². The van der Waals surface area contributed by atoms with Gasteiger partial charge in [0, 0.05) is 16.7 Å². The molecule has 104 valence electrons. The zero-order valence-electron chi connectivity index (χ0n) is 10.9. The van der Waals surface area contributed by atoms with Gasteiger partial charge in [0.1, 0.15) is 5.84 Å². The Morgan fingerprint density at radius 1 is 1.42 bits per heavy atom. The largest absolute Gasteiger partial charge is 0.394 e. The van der Waals surface area contributed by atoms with Crippen LogP contribution in [0.3, 0.4) is 0 Å². The van der Waals surface area contributed by atoms with Crippen molar-refractivity contribution < 1.29 is 5.11 Å². The summed E-state index contributed by atoms with van der Waals surface area (Å²) in [6.07, 6.45) is 4.43. The highest BCUT2D eigenvalue weighted by Crippen LogP contribution is 2.31. The Labute approximate surface area is 122 Å². The van der Waals surface area contributed by atoms with Crippen LogP contribution in [0.4, 0.5) is 5.69 Å². The van der Waals surface area contributed by atoms with Gasteiger partial charge in [-0.15, -0.1) is 0 Å². The van der Waals surface area contributed by atoms with Gasteiger partial charge >= 0.3 is 0 Å². The van der Waals surface area contributed by atoms with Gasteiger partial charge in [-0.05, 0) is 40.9 Å². The average molecular weight is 326 g/mol. The van der Waals surface area contributed by atoms with Gasteiger partial charge in [0.05, 0.1) is 18.2 Å². The van der Waals surface area contributed by atoms with E-state index in [-0.39, 0.29) is 18.5 Å². The topological polar surface area (TPSA) is 73.3 Å². The molecule has 4 N–H and O–H groups in total. The maximum atomic E-state index is 9.61. The van der Waals surface area contributed by atoms with Gasteiger partial charge in [-0.25, -0.2) is 0 Å². The van der Waals surface area contributed by atoms with Crippen molar-refractivity contribution in [1.82, 2.24) is 0 Å². The molecular weight excluding hydrogens is 306 g/mol. The fraction of sp³-hybridized carbons (Fsp3) is 0.500. The molecule has 1 unspecified atom stereocenters. The van der Waals surface area contributed by atoms with Gasteiger partial charge in [0.15, 0.2) is 0 Å². The van der Waals surface area contributed by atoms with Crippen molar-refractivity contribution in [3.63, 3.8) is 0 Å². The smallest absolute Gasteiger partial charge is 0.126 e. The van der Waals surface area contributed by atoms with Gasteiger partial charge in [-0.1, -0.05) is 18.9 Å². The van der Waals surface area contributed by atoms with E-state index in [9.17, 15) is 5.11 Å². The maximum absolute atomic E-state index is 9.61. The Hall–Kier alpha value is -1.07. The molecule has 2 rings (SSSR count). The molecule has 1 aliphatic heterocycles. The molecule has 0 aliphatic carbocycles. The van der Waals surface area contributed by atoms with Crippen LogP contribution in [0.2, 0.25) is 0 Å². The summed E-state index contributed by atoms with van der Waals surface area (Å²) in [7, 11) is 0. The van der Waals surface area contributed by atoms with E-state index in [2.05, 4.69) is 20.8 Å². The molecule has 0 saturated carbocycles. The number of hydrogen-bond donors (Lipinski definition) is 3. The Balaban J connectivity index is 2.43. The number of halogens is 1. The summed E-state index contributed by atoms with van der Waals surface area (Å²) in [5, 5.41) is 17.4. The van der Waals surface area contributed by atoms with E-state index in [4.69, 9.17) is 11.1 Å². The van der Waals surface area contributed by atoms with E-state index in [0.717, 1.165) is 41.5 Å². The normalized spacial score (nSPS) is 20.1. The van der Waals surface area contributed by atoms with Crippen molar-refractivity contribution in [2.75, 3.05) is 18.1 Å². The molecule has 1 atom stereocenters. The fourth-order valence-corrected chi connectivity index (χ4v) is 3.27. The zero-order valence-corrected chi connectivity index (χ0v) is 12.5. The molecule has 1 saturated heterocycles. The number of benzene rings is 1. The minimum absolute atomic E-state index is 0.0587. The van der Waals surface area contributed by atoms with Crippen LogP contribution in [0.5, 0.6) is 0 Å². The summed E-state index contributed by atoms with van der Waals surface area (Å²) in [4.78, 5) is 2.20. The number of aliphatic hydroxyl groups excluding tert-OH is 1. The summed E-state index contributed by atoms with van der Waals surface area (Å²) in [6, 6.07) is 5.95.